The number of amides is 1. The number of aliphatic hydroxyl groups excluding tert-OH is 1. The number of phosphoric ester groups is 1. The minimum Gasteiger partial charge on any atom is -0.391 e. The summed E-state index contributed by atoms with van der Waals surface area (Å²) in [6.07, 6.45) is 34.8. The van der Waals surface area contributed by atoms with Gasteiger partial charge in [0.25, 0.3) is 0 Å². The third-order valence-electron chi connectivity index (χ3n) is 8.06. The molecule has 0 aliphatic carbocycles. The number of nitrogens with one attached hydrogen (secondary N) is 1. The Bertz CT molecular complexity index is 764. The highest BCUT2D eigenvalue weighted by molar-refractivity contribution is 7.47. The molecular weight excluding hydrogens is 587 g/mol. The third kappa shape index (κ3) is 31.4. The molecule has 0 spiro atoms. The zero-order valence-corrected chi connectivity index (χ0v) is 30.0. The van der Waals surface area contributed by atoms with Gasteiger partial charge in [-0.15, -0.1) is 0 Å². The van der Waals surface area contributed by atoms with E-state index in [4.69, 9.17) is 14.8 Å². The van der Waals surface area contributed by atoms with Crippen LogP contribution in [0.5, 0.6) is 0 Å². The van der Waals surface area contributed by atoms with Crippen molar-refractivity contribution < 1.29 is 28.4 Å². The summed E-state index contributed by atoms with van der Waals surface area (Å²) in [5, 5.41) is 13.6. The minimum absolute atomic E-state index is 0.0878. The Balaban J connectivity index is 4.10. The fourth-order valence-corrected chi connectivity index (χ4v) is 5.98. The summed E-state index contributed by atoms with van der Waals surface area (Å²) < 4.78 is 22.0. The van der Waals surface area contributed by atoms with Crippen LogP contribution in [0.15, 0.2) is 24.3 Å². The van der Waals surface area contributed by atoms with Crippen LogP contribution in [0.4, 0.5) is 0 Å². The fraction of sp³-hybridized carbons (Fsp3) is 0.861. The Hall–Kier alpha value is -1.02. The number of nitrogens with two attached hydrogens (primary N) is 1. The maximum atomic E-state index is 12.6. The molecule has 9 heteroatoms. The fourth-order valence-electron chi connectivity index (χ4n) is 5.22. The van der Waals surface area contributed by atoms with E-state index < -0.39 is 20.0 Å². The molecule has 0 bridgehead atoms. The SMILES string of the molecule is CCCCC/C=C\C/C=C\CCCCCCCCCCCC(=O)NC(COP(=O)(O)OCCN)C(O)CCCCCCCCC. The molecule has 0 aromatic rings. The van der Waals surface area contributed by atoms with Crippen LogP contribution in [0.25, 0.3) is 0 Å². The van der Waals surface area contributed by atoms with Gasteiger partial charge in [-0.1, -0.05) is 141 Å². The minimum atomic E-state index is -4.30. The molecule has 3 unspecified atom stereocenters. The Labute approximate surface area is 277 Å². The molecule has 0 aliphatic heterocycles. The number of phosphoric acid groups is 1. The molecule has 0 radical (unpaired) electrons. The first-order valence-electron chi connectivity index (χ1n) is 18.5. The van der Waals surface area contributed by atoms with E-state index in [0.29, 0.717) is 12.8 Å². The second-order valence-corrected chi connectivity index (χ2v) is 13.9. The summed E-state index contributed by atoms with van der Waals surface area (Å²) in [4.78, 5) is 22.5. The quantitative estimate of drug-likeness (QED) is 0.0308. The first kappa shape index (κ1) is 44.0. The third-order valence-corrected chi connectivity index (χ3v) is 9.04. The van der Waals surface area contributed by atoms with E-state index >= 15 is 0 Å². The Morgan fingerprint density at radius 2 is 1.22 bits per heavy atom. The van der Waals surface area contributed by atoms with Crippen molar-refractivity contribution in [2.75, 3.05) is 19.8 Å². The predicted molar refractivity (Wildman–Crippen MR) is 189 cm³/mol. The summed E-state index contributed by atoms with van der Waals surface area (Å²) in [7, 11) is -4.30. The average Bonchev–Trinajstić information content (AvgIpc) is 3.02. The van der Waals surface area contributed by atoms with Crippen molar-refractivity contribution in [3.63, 3.8) is 0 Å². The van der Waals surface area contributed by atoms with E-state index in [0.717, 1.165) is 44.9 Å². The number of rotatable bonds is 34. The van der Waals surface area contributed by atoms with Gasteiger partial charge in [0.15, 0.2) is 0 Å². The van der Waals surface area contributed by atoms with Crippen molar-refractivity contribution in [2.24, 2.45) is 5.73 Å². The maximum Gasteiger partial charge on any atom is 0.472 e. The molecular formula is C36H71N2O6P. The van der Waals surface area contributed by atoms with E-state index in [1.54, 1.807) is 0 Å². The van der Waals surface area contributed by atoms with Gasteiger partial charge in [0.2, 0.25) is 5.91 Å². The molecule has 5 N–H and O–H groups in total. The maximum absolute atomic E-state index is 12.6. The highest BCUT2D eigenvalue weighted by Gasteiger charge is 2.27. The topological polar surface area (TPSA) is 131 Å². The molecule has 0 saturated carbocycles. The Morgan fingerprint density at radius 3 is 1.80 bits per heavy atom. The number of unbranched alkanes of at least 4 members (excludes halogenated alkanes) is 18. The molecule has 0 aromatic carbocycles. The molecule has 3 atom stereocenters. The molecule has 0 fully saturated rings. The van der Waals surface area contributed by atoms with Crippen molar-refractivity contribution in [3.05, 3.63) is 24.3 Å². The predicted octanol–water partition coefficient (Wildman–Crippen LogP) is 9.44. The summed E-state index contributed by atoms with van der Waals surface area (Å²) in [5.41, 5.74) is 5.34. The molecule has 45 heavy (non-hydrogen) atoms. The molecule has 0 aromatic heterocycles. The highest BCUT2D eigenvalue weighted by atomic mass is 31.2. The first-order chi connectivity index (χ1) is 21.9. The normalized spacial score (nSPS) is 14.7. The van der Waals surface area contributed by atoms with Crippen molar-refractivity contribution in [1.82, 2.24) is 5.32 Å². The summed E-state index contributed by atoms with van der Waals surface area (Å²) >= 11 is 0. The first-order valence-corrected chi connectivity index (χ1v) is 19.9. The van der Waals surface area contributed by atoms with Crippen LogP contribution < -0.4 is 11.1 Å². The van der Waals surface area contributed by atoms with Gasteiger partial charge in [-0.25, -0.2) is 4.57 Å². The van der Waals surface area contributed by atoms with Crippen LogP contribution in [-0.4, -0.2) is 47.8 Å². The van der Waals surface area contributed by atoms with Gasteiger partial charge >= 0.3 is 7.82 Å². The van der Waals surface area contributed by atoms with Crippen molar-refractivity contribution in [2.45, 2.75) is 180 Å². The number of carbonyl (C=O) groups is 1. The lowest BCUT2D eigenvalue weighted by molar-refractivity contribution is -0.123. The van der Waals surface area contributed by atoms with Crippen LogP contribution in [0.1, 0.15) is 168 Å². The molecule has 0 aliphatic rings. The van der Waals surface area contributed by atoms with E-state index in [9.17, 15) is 19.4 Å². The summed E-state index contributed by atoms with van der Waals surface area (Å²) in [6.45, 7) is 4.11. The molecule has 8 nitrogen and oxygen atoms in total. The van der Waals surface area contributed by atoms with Crippen LogP contribution in [0.2, 0.25) is 0 Å². The second-order valence-electron chi connectivity index (χ2n) is 12.4. The number of carbonyl (C=O) groups excluding carboxylic acids is 1. The average molecular weight is 659 g/mol. The number of aliphatic hydroxyl groups is 1. The number of hydrogen-bond donors (Lipinski definition) is 4. The number of allylic oxidation sites excluding steroid dienone is 4. The standard InChI is InChI=1S/C36H71N2O6P/c1-3-5-7-9-11-12-13-14-15-16-17-18-19-20-21-22-24-26-28-30-36(40)38-34(33-44-45(41,42)43-32-31-37)35(39)29-27-25-23-10-8-6-4-2/h11-12,14-15,34-35,39H,3-10,13,16-33,37H2,1-2H3,(H,38,40)(H,41,42)/b12-11-,15-14-. The lowest BCUT2D eigenvalue weighted by atomic mass is 10.0. The molecule has 0 rings (SSSR count). The van der Waals surface area contributed by atoms with Gasteiger partial charge in [0.1, 0.15) is 0 Å². The monoisotopic (exact) mass is 659 g/mol. The summed E-state index contributed by atoms with van der Waals surface area (Å²) in [6, 6.07) is -0.771. The molecule has 0 saturated heterocycles. The number of hydrogen-bond acceptors (Lipinski definition) is 6. The van der Waals surface area contributed by atoms with E-state index in [1.807, 2.05) is 0 Å². The lowest BCUT2D eigenvalue weighted by Crippen LogP contribution is -2.46. The van der Waals surface area contributed by atoms with Crippen LogP contribution in [0, 0.1) is 0 Å². The lowest BCUT2D eigenvalue weighted by Gasteiger charge is -2.25. The van der Waals surface area contributed by atoms with Gasteiger partial charge < -0.3 is 21.1 Å². The van der Waals surface area contributed by atoms with Gasteiger partial charge in [-0.05, 0) is 44.9 Å². The van der Waals surface area contributed by atoms with E-state index in [2.05, 4.69) is 43.5 Å². The van der Waals surface area contributed by atoms with Crippen LogP contribution >= 0.6 is 7.82 Å². The van der Waals surface area contributed by atoms with E-state index in [-0.39, 0.29) is 25.7 Å². The van der Waals surface area contributed by atoms with Crippen LogP contribution in [0.3, 0.4) is 0 Å². The zero-order chi connectivity index (χ0) is 33.3. The zero-order valence-electron chi connectivity index (χ0n) is 29.1. The molecule has 1 amide bonds. The van der Waals surface area contributed by atoms with Crippen molar-refractivity contribution in [1.29, 1.82) is 0 Å². The van der Waals surface area contributed by atoms with Gasteiger partial charge in [-0.3, -0.25) is 13.8 Å². The largest absolute Gasteiger partial charge is 0.472 e. The molecule has 266 valence electrons. The van der Waals surface area contributed by atoms with Crippen LogP contribution in [-0.2, 0) is 18.4 Å². The van der Waals surface area contributed by atoms with Crippen molar-refractivity contribution >= 4 is 13.7 Å². The smallest absolute Gasteiger partial charge is 0.391 e. The Kier molecular flexibility index (Phi) is 32.2. The highest BCUT2D eigenvalue weighted by Crippen LogP contribution is 2.43. The Morgan fingerprint density at radius 1 is 0.733 bits per heavy atom. The summed E-state index contributed by atoms with van der Waals surface area (Å²) in [5.74, 6) is -0.171. The van der Waals surface area contributed by atoms with Crippen molar-refractivity contribution in [3.8, 4) is 0 Å². The molecule has 0 heterocycles. The van der Waals surface area contributed by atoms with Gasteiger partial charge in [0, 0.05) is 13.0 Å². The van der Waals surface area contributed by atoms with Gasteiger partial charge in [0.05, 0.1) is 25.4 Å². The van der Waals surface area contributed by atoms with Gasteiger partial charge in [-0.2, -0.15) is 0 Å². The van der Waals surface area contributed by atoms with E-state index in [1.165, 1.54) is 96.3 Å². The second kappa shape index (κ2) is 32.9.